The van der Waals surface area contributed by atoms with Crippen LogP contribution >= 0.6 is 11.3 Å². The Balaban J connectivity index is 1.52. The van der Waals surface area contributed by atoms with Crippen molar-refractivity contribution >= 4 is 17.2 Å². The molecule has 0 bridgehead atoms. The van der Waals surface area contributed by atoms with Gasteiger partial charge in [-0.15, -0.1) is 11.3 Å². The normalized spacial score (nSPS) is 15.7. The number of furan rings is 1. The van der Waals surface area contributed by atoms with Crippen LogP contribution in [0.2, 0.25) is 0 Å². The zero-order valence-electron chi connectivity index (χ0n) is 15.4. The lowest BCUT2D eigenvalue weighted by atomic mass is 10.1. The lowest BCUT2D eigenvalue weighted by Gasteiger charge is -2.25. The monoisotopic (exact) mass is 381 g/mol. The largest absolute Gasteiger partial charge is 0.468 e. The molecule has 1 saturated heterocycles. The van der Waals surface area contributed by atoms with E-state index in [4.69, 9.17) is 4.42 Å². The predicted molar refractivity (Wildman–Crippen MR) is 107 cm³/mol. The van der Waals surface area contributed by atoms with E-state index in [2.05, 4.69) is 15.2 Å². The number of benzene rings is 1. The molecule has 5 nitrogen and oxygen atoms in total. The first-order valence-electron chi connectivity index (χ1n) is 9.31. The summed E-state index contributed by atoms with van der Waals surface area (Å²) in [5, 5.41) is 4.01. The number of hydrogen-bond donors (Lipinski definition) is 1. The Morgan fingerprint density at radius 3 is 2.70 bits per heavy atom. The van der Waals surface area contributed by atoms with Crippen molar-refractivity contribution in [2.24, 2.45) is 0 Å². The molecule has 1 amide bonds. The van der Waals surface area contributed by atoms with Crippen molar-refractivity contribution in [1.82, 2.24) is 15.2 Å². The fourth-order valence-corrected chi connectivity index (χ4v) is 4.44. The van der Waals surface area contributed by atoms with Gasteiger partial charge in [-0.25, -0.2) is 4.98 Å². The standard InChI is InChI=1S/C21H23N3O2S/c1-15-23-19(16-8-3-2-4-9-16)20(27-15)21(25)22-14-17(18-10-7-13-26-18)24-11-5-6-12-24/h2-4,7-10,13,17H,5-6,11-12,14H2,1H3,(H,22,25)/t17-/m0/s1. The van der Waals surface area contributed by atoms with Crippen LogP contribution in [-0.4, -0.2) is 35.4 Å². The van der Waals surface area contributed by atoms with Crippen LogP contribution in [0.5, 0.6) is 0 Å². The van der Waals surface area contributed by atoms with Gasteiger partial charge in [0.2, 0.25) is 0 Å². The summed E-state index contributed by atoms with van der Waals surface area (Å²) in [5.41, 5.74) is 1.72. The van der Waals surface area contributed by atoms with E-state index in [9.17, 15) is 4.79 Å². The molecule has 2 aromatic heterocycles. The fraction of sp³-hybridized carbons (Fsp3) is 0.333. The number of likely N-dealkylation sites (tertiary alicyclic amines) is 1. The molecule has 3 heterocycles. The highest BCUT2D eigenvalue weighted by molar-refractivity contribution is 7.14. The molecule has 1 atom stereocenters. The van der Waals surface area contributed by atoms with Gasteiger partial charge in [0.05, 0.1) is 23.0 Å². The number of nitrogens with zero attached hydrogens (tertiary/aromatic N) is 2. The third-order valence-electron chi connectivity index (χ3n) is 4.90. The number of rotatable bonds is 6. The van der Waals surface area contributed by atoms with Crippen LogP contribution in [0.15, 0.2) is 53.1 Å². The van der Waals surface area contributed by atoms with Crippen molar-refractivity contribution in [2.45, 2.75) is 25.8 Å². The van der Waals surface area contributed by atoms with Crippen LogP contribution in [0.3, 0.4) is 0 Å². The molecule has 0 aliphatic carbocycles. The summed E-state index contributed by atoms with van der Waals surface area (Å²) in [6.07, 6.45) is 4.08. The Labute approximate surface area is 163 Å². The molecule has 1 aliphatic heterocycles. The lowest BCUT2D eigenvalue weighted by Crippen LogP contribution is -2.36. The average Bonchev–Trinajstić information content (AvgIpc) is 3.45. The first-order valence-corrected chi connectivity index (χ1v) is 10.1. The zero-order valence-corrected chi connectivity index (χ0v) is 16.2. The highest BCUT2D eigenvalue weighted by atomic mass is 32.1. The number of carbonyl (C=O) groups is 1. The quantitative estimate of drug-likeness (QED) is 0.692. The second-order valence-electron chi connectivity index (χ2n) is 6.76. The number of hydrogen-bond acceptors (Lipinski definition) is 5. The van der Waals surface area contributed by atoms with E-state index in [0.717, 1.165) is 35.1 Å². The van der Waals surface area contributed by atoms with E-state index in [0.29, 0.717) is 11.4 Å². The first kappa shape index (κ1) is 17.9. The van der Waals surface area contributed by atoms with Crippen molar-refractivity contribution < 1.29 is 9.21 Å². The first-order chi connectivity index (χ1) is 13.2. The summed E-state index contributed by atoms with van der Waals surface area (Å²) in [6, 6.07) is 13.8. The van der Waals surface area contributed by atoms with E-state index in [1.165, 1.54) is 24.2 Å². The minimum absolute atomic E-state index is 0.0700. The van der Waals surface area contributed by atoms with E-state index in [1.807, 2.05) is 49.4 Å². The highest BCUT2D eigenvalue weighted by Gasteiger charge is 2.27. The summed E-state index contributed by atoms with van der Waals surface area (Å²) >= 11 is 1.44. The second-order valence-corrected chi connectivity index (χ2v) is 7.96. The molecule has 1 aliphatic rings. The molecule has 140 valence electrons. The number of nitrogens with one attached hydrogen (secondary N) is 1. The molecule has 1 aromatic carbocycles. The van der Waals surface area contributed by atoms with Crippen molar-refractivity contribution in [3.05, 3.63) is 64.4 Å². The molecule has 3 aromatic rings. The smallest absolute Gasteiger partial charge is 0.263 e. The number of aryl methyl sites for hydroxylation is 1. The van der Waals surface area contributed by atoms with Crippen LogP contribution in [-0.2, 0) is 0 Å². The molecular formula is C21H23N3O2S. The van der Waals surface area contributed by atoms with Crippen molar-refractivity contribution in [3.8, 4) is 11.3 Å². The minimum Gasteiger partial charge on any atom is -0.468 e. The fourth-order valence-electron chi connectivity index (χ4n) is 3.59. The minimum atomic E-state index is -0.0739. The van der Waals surface area contributed by atoms with Gasteiger partial charge in [-0.1, -0.05) is 30.3 Å². The Hall–Kier alpha value is -2.44. The van der Waals surface area contributed by atoms with Gasteiger partial charge in [0.15, 0.2) is 0 Å². The number of thiazole rings is 1. The van der Waals surface area contributed by atoms with E-state index in [-0.39, 0.29) is 11.9 Å². The zero-order chi connectivity index (χ0) is 18.6. The molecule has 1 fully saturated rings. The maximum absolute atomic E-state index is 13.0. The Kier molecular flexibility index (Phi) is 5.36. The molecule has 6 heteroatoms. The SMILES string of the molecule is Cc1nc(-c2ccccc2)c(C(=O)NC[C@@H](c2ccco2)N2CCCC2)s1. The molecule has 27 heavy (non-hydrogen) atoms. The molecule has 0 unspecified atom stereocenters. The van der Waals surface area contributed by atoms with Gasteiger partial charge in [-0.3, -0.25) is 9.69 Å². The second kappa shape index (κ2) is 8.06. The molecular weight excluding hydrogens is 358 g/mol. The van der Waals surface area contributed by atoms with E-state index in [1.54, 1.807) is 6.26 Å². The molecule has 0 saturated carbocycles. The summed E-state index contributed by atoms with van der Waals surface area (Å²) in [5.74, 6) is 0.830. The van der Waals surface area contributed by atoms with Gasteiger partial charge in [-0.2, -0.15) is 0 Å². The molecule has 0 radical (unpaired) electrons. The summed E-state index contributed by atoms with van der Waals surface area (Å²) in [4.78, 5) is 20.6. The van der Waals surface area contributed by atoms with Crippen LogP contribution in [0.1, 0.15) is 39.3 Å². The van der Waals surface area contributed by atoms with E-state index < -0.39 is 0 Å². The van der Waals surface area contributed by atoms with Gasteiger partial charge < -0.3 is 9.73 Å². The predicted octanol–water partition coefficient (Wildman–Crippen LogP) is 4.28. The summed E-state index contributed by atoms with van der Waals surface area (Å²) in [7, 11) is 0. The van der Waals surface area contributed by atoms with Crippen molar-refractivity contribution in [3.63, 3.8) is 0 Å². The van der Waals surface area contributed by atoms with Gasteiger partial charge in [0.1, 0.15) is 10.6 Å². The van der Waals surface area contributed by atoms with E-state index >= 15 is 0 Å². The number of amides is 1. The number of carbonyl (C=O) groups excluding carboxylic acids is 1. The van der Waals surface area contributed by atoms with Crippen LogP contribution in [0.4, 0.5) is 0 Å². The van der Waals surface area contributed by atoms with Crippen LogP contribution in [0.25, 0.3) is 11.3 Å². The summed E-state index contributed by atoms with van der Waals surface area (Å²) < 4.78 is 5.64. The highest BCUT2D eigenvalue weighted by Crippen LogP contribution is 2.29. The topological polar surface area (TPSA) is 58.4 Å². The average molecular weight is 382 g/mol. The molecule has 0 spiro atoms. The molecule has 4 rings (SSSR count). The third-order valence-corrected chi connectivity index (χ3v) is 5.87. The van der Waals surface area contributed by atoms with Gasteiger partial charge in [-0.05, 0) is 45.0 Å². The van der Waals surface area contributed by atoms with Crippen LogP contribution < -0.4 is 5.32 Å². The van der Waals surface area contributed by atoms with Gasteiger partial charge in [0, 0.05) is 12.1 Å². The number of aromatic nitrogens is 1. The van der Waals surface area contributed by atoms with Gasteiger partial charge in [0.25, 0.3) is 5.91 Å². The maximum atomic E-state index is 13.0. The Morgan fingerprint density at radius 2 is 2.00 bits per heavy atom. The summed E-state index contributed by atoms with van der Waals surface area (Å²) in [6.45, 7) is 4.54. The Bertz CT molecular complexity index is 884. The van der Waals surface area contributed by atoms with Crippen molar-refractivity contribution in [2.75, 3.05) is 19.6 Å². The lowest BCUT2D eigenvalue weighted by molar-refractivity contribution is 0.0938. The van der Waals surface area contributed by atoms with Crippen LogP contribution in [0, 0.1) is 6.92 Å². The third kappa shape index (κ3) is 3.96. The Morgan fingerprint density at radius 1 is 1.22 bits per heavy atom. The van der Waals surface area contributed by atoms with Crippen molar-refractivity contribution in [1.29, 1.82) is 0 Å². The maximum Gasteiger partial charge on any atom is 0.263 e. The molecule has 1 N–H and O–H groups in total. The van der Waals surface area contributed by atoms with Gasteiger partial charge >= 0.3 is 0 Å².